The molecule has 5 heterocycles. The number of amides is 2. The molecule has 3 N–H and O–H groups in total. The molecule has 5 aromatic rings. The number of imidazole rings is 1. The Morgan fingerprint density at radius 3 is 2.24 bits per heavy atom. The number of rotatable bonds is 21. The van der Waals surface area contributed by atoms with Crippen LogP contribution in [0, 0.1) is 0 Å². The largest absolute Gasteiger partial charge is 0.393 e. The summed E-state index contributed by atoms with van der Waals surface area (Å²) in [5, 5.41) is 20.9. The van der Waals surface area contributed by atoms with Crippen molar-refractivity contribution in [3.05, 3.63) is 70.3 Å². The zero-order valence-electron chi connectivity index (χ0n) is 38.0. The Morgan fingerprint density at radius 2 is 1.52 bits per heavy atom. The summed E-state index contributed by atoms with van der Waals surface area (Å²) in [6, 6.07) is 13.5. The van der Waals surface area contributed by atoms with Gasteiger partial charge in [-0.15, -0.1) is 0 Å². The summed E-state index contributed by atoms with van der Waals surface area (Å²) in [7, 11) is 1.69. The highest BCUT2D eigenvalue weighted by atomic mass is 19.4. The Morgan fingerprint density at radius 1 is 0.836 bits per heavy atom. The zero-order valence-corrected chi connectivity index (χ0v) is 38.0. The molecule has 2 aliphatic heterocycles. The van der Waals surface area contributed by atoms with Crippen LogP contribution in [0.1, 0.15) is 74.6 Å². The van der Waals surface area contributed by atoms with Gasteiger partial charge in [0.2, 0.25) is 17.8 Å². The summed E-state index contributed by atoms with van der Waals surface area (Å²) >= 11 is 0. The maximum Gasteiger partial charge on any atom is 0.390 e. The molecule has 67 heavy (non-hydrogen) atoms. The average Bonchev–Trinajstić information content (AvgIpc) is 3.80. The number of alkyl halides is 3. The number of halogens is 3. The van der Waals surface area contributed by atoms with E-state index in [0.717, 1.165) is 92.7 Å². The topological polar surface area (TPSA) is 183 Å². The van der Waals surface area contributed by atoms with E-state index in [1.165, 1.54) is 10.1 Å². The highest BCUT2D eigenvalue weighted by molar-refractivity contribution is 6.00. The van der Waals surface area contributed by atoms with Gasteiger partial charge in [-0.3, -0.25) is 33.8 Å². The lowest BCUT2D eigenvalue weighted by Gasteiger charge is -2.34. The van der Waals surface area contributed by atoms with Crippen molar-refractivity contribution in [1.29, 1.82) is 0 Å². The first-order chi connectivity index (χ1) is 32.4. The van der Waals surface area contributed by atoms with Crippen molar-refractivity contribution in [2.24, 2.45) is 7.05 Å². The van der Waals surface area contributed by atoms with Gasteiger partial charge in [-0.25, -0.2) is 14.5 Å². The Balaban J connectivity index is 0.693. The van der Waals surface area contributed by atoms with Gasteiger partial charge < -0.3 is 24.6 Å². The molecule has 0 spiro atoms. The molecule has 3 aromatic heterocycles. The molecule has 3 fully saturated rings. The van der Waals surface area contributed by atoms with Crippen molar-refractivity contribution in [3.8, 4) is 11.3 Å². The predicted octanol–water partition coefficient (Wildman–Crippen LogP) is 4.76. The van der Waals surface area contributed by atoms with E-state index >= 15 is 0 Å². The summed E-state index contributed by atoms with van der Waals surface area (Å²) in [5.41, 5.74) is 5.61. The van der Waals surface area contributed by atoms with Gasteiger partial charge in [-0.05, 0) is 68.2 Å². The lowest BCUT2D eigenvalue weighted by atomic mass is 9.93. The van der Waals surface area contributed by atoms with Crippen molar-refractivity contribution in [2.75, 3.05) is 84.2 Å². The van der Waals surface area contributed by atoms with Gasteiger partial charge in [0.1, 0.15) is 11.7 Å². The Kier molecular flexibility index (Phi) is 16.0. The molecule has 1 aliphatic carbocycles. The lowest BCUT2D eigenvalue weighted by Crippen LogP contribution is -2.46. The number of nitrogens with zero attached hydrogens (tertiary/aromatic N) is 8. The molecule has 0 unspecified atom stereocenters. The normalized spacial score (nSPS) is 20.0. The second kappa shape index (κ2) is 22.2. The van der Waals surface area contributed by atoms with E-state index in [1.807, 2.05) is 22.9 Å². The van der Waals surface area contributed by atoms with Gasteiger partial charge in [0.15, 0.2) is 5.65 Å². The third-order valence-corrected chi connectivity index (χ3v) is 13.0. The number of aryl methyl sites for hydroxylation is 2. The summed E-state index contributed by atoms with van der Waals surface area (Å²) in [6.07, 6.45) is 0.892. The number of ether oxygens (including phenoxy) is 3. The van der Waals surface area contributed by atoms with Gasteiger partial charge in [-0.1, -0.05) is 30.3 Å². The average molecular weight is 935 g/mol. The number of carbonyl (C=O) groups excluding carboxylic acids is 2. The number of piperidine rings is 1. The van der Waals surface area contributed by atoms with Crippen LogP contribution in [-0.4, -0.2) is 147 Å². The minimum atomic E-state index is -4.28. The number of aromatic nitrogens is 6. The smallest absolute Gasteiger partial charge is 0.390 e. The first-order valence-corrected chi connectivity index (χ1v) is 23.4. The van der Waals surface area contributed by atoms with Crippen molar-refractivity contribution in [2.45, 2.75) is 88.7 Å². The van der Waals surface area contributed by atoms with E-state index in [1.54, 1.807) is 17.8 Å². The van der Waals surface area contributed by atoms with E-state index in [2.05, 4.69) is 54.7 Å². The SMILES string of the molecule is Cn1c(=O)n([C@H]2CCC(=O)NC2=O)c2ccc(CCCOCCOCCOCCN3CCN(Cc4ccc(-c5nn([C@H]6CC[C@H](O)CC6)c6nc(NCCC(F)(F)F)ncc56)cc4)CC3)cc21. The Hall–Kier alpha value is -5.25. The van der Waals surface area contributed by atoms with E-state index in [-0.39, 0.29) is 42.7 Å². The van der Waals surface area contributed by atoms with Gasteiger partial charge >= 0.3 is 11.9 Å². The first-order valence-electron chi connectivity index (χ1n) is 23.4. The van der Waals surface area contributed by atoms with E-state index in [9.17, 15) is 32.7 Å². The summed E-state index contributed by atoms with van der Waals surface area (Å²) < 4.78 is 60.6. The van der Waals surface area contributed by atoms with Crippen molar-refractivity contribution in [1.82, 2.24) is 44.0 Å². The third-order valence-electron chi connectivity index (χ3n) is 13.0. The molecule has 17 nitrogen and oxygen atoms in total. The summed E-state index contributed by atoms with van der Waals surface area (Å²) in [6.45, 7) is 8.37. The fraction of sp³-hybridized carbons (Fsp3) is 0.574. The molecular weight excluding hydrogens is 874 g/mol. The molecule has 2 aromatic carbocycles. The molecule has 2 amide bonds. The van der Waals surface area contributed by atoms with Crippen LogP contribution in [0.15, 0.2) is 53.5 Å². The number of piperazine rings is 1. The van der Waals surface area contributed by atoms with Crippen LogP contribution in [0.3, 0.4) is 0 Å². The number of hydrogen-bond donors (Lipinski definition) is 3. The highest BCUT2D eigenvalue weighted by Gasteiger charge is 2.32. The van der Waals surface area contributed by atoms with Crippen LogP contribution in [-0.2, 0) is 43.8 Å². The minimum absolute atomic E-state index is 0.0197. The molecule has 3 aliphatic rings. The fourth-order valence-corrected chi connectivity index (χ4v) is 9.20. The van der Waals surface area contributed by atoms with Crippen LogP contribution in [0.5, 0.6) is 0 Å². The third kappa shape index (κ3) is 12.5. The highest BCUT2D eigenvalue weighted by Crippen LogP contribution is 2.35. The van der Waals surface area contributed by atoms with Gasteiger partial charge in [0, 0.05) is 77.6 Å². The molecule has 0 bridgehead atoms. The van der Waals surface area contributed by atoms with E-state index < -0.39 is 24.5 Å². The Bertz CT molecular complexity index is 2510. The van der Waals surface area contributed by atoms with Gasteiger partial charge in [0.25, 0.3) is 0 Å². The second-order valence-corrected chi connectivity index (χ2v) is 17.7. The number of nitrogens with one attached hydrogen (secondary N) is 2. The number of imide groups is 1. The monoisotopic (exact) mass is 934 g/mol. The quantitative estimate of drug-likeness (QED) is 0.0677. The number of aliphatic hydroxyl groups excluding tert-OH is 1. The maximum absolute atomic E-state index is 13.0. The minimum Gasteiger partial charge on any atom is -0.393 e. The molecule has 2 saturated heterocycles. The summed E-state index contributed by atoms with van der Waals surface area (Å²) in [4.78, 5) is 50.9. The predicted molar refractivity (Wildman–Crippen MR) is 245 cm³/mol. The van der Waals surface area contributed by atoms with Crippen molar-refractivity contribution >= 4 is 39.8 Å². The van der Waals surface area contributed by atoms with Gasteiger partial charge in [0.05, 0.1) is 68.0 Å². The molecule has 362 valence electrons. The van der Waals surface area contributed by atoms with Crippen molar-refractivity contribution < 1.29 is 42.1 Å². The molecule has 20 heteroatoms. The number of hydrogen-bond acceptors (Lipinski definition) is 13. The molecule has 1 saturated carbocycles. The lowest BCUT2D eigenvalue weighted by molar-refractivity contribution is -0.136. The first kappa shape index (κ1) is 48.2. The van der Waals surface area contributed by atoms with Crippen LogP contribution in [0.4, 0.5) is 19.1 Å². The van der Waals surface area contributed by atoms with Gasteiger partial charge in [-0.2, -0.15) is 23.3 Å². The van der Waals surface area contributed by atoms with Crippen LogP contribution >= 0.6 is 0 Å². The summed E-state index contributed by atoms with van der Waals surface area (Å²) in [5.74, 6) is -0.626. The number of fused-ring (bicyclic) bond motifs is 2. The fourth-order valence-electron chi connectivity index (χ4n) is 9.20. The van der Waals surface area contributed by atoms with Crippen molar-refractivity contribution in [3.63, 3.8) is 0 Å². The van der Waals surface area contributed by atoms with Crippen LogP contribution in [0.2, 0.25) is 0 Å². The number of aliphatic hydroxyl groups is 1. The standard InChI is InChI=1S/C47H61F3N10O7/c1-56-40-29-32(6-13-38(40)59(46(56)64)39-14-15-41(62)53-44(39)63)3-2-23-65-25-27-67-28-26-66-24-22-57-18-20-58(21-19-57)31-33-4-7-34(8-5-33)42-37-30-52-45(51-17-16-47(48,49)50)54-43(37)60(55-42)35-9-11-36(61)12-10-35/h4-8,13,29-30,35-36,39,61H,2-3,9-12,14-28,31H2,1H3,(H,51,52,54)(H,53,62,63)/t35-,36-,39-/m0/s1. The van der Waals surface area contributed by atoms with E-state index in [0.29, 0.717) is 70.1 Å². The molecular formula is C47H61F3N10O7. The maximum atomic E-state index is 13.0. The number of anilines is 1. The van der Waals surface area contributed by atoms with E-state index in [4.69, 9.17) is 19.3 Å². The number of carbonyl (C=O) groups is 2. The molecule has 0 radical (unpaired) electrons. The van der Waals surface area contributed by atoms with Crippen LogP contribution < -0.4 is 16.3 Å². The second-order valence-electron chi connectivity index (χ2n) is 17.7. The molecule has 8 rings (SSSR count). The number of benzene rings is 2. The molecule has 1 atom stereocenters. The zero-order chi connectivity index (χ0) is 46.9. The Labute approximate surface area is 386 Å². The van der Waals surface area contributed by atoms with Crippen LogP contribution in [0.25, 0.3) is 33.3 Å².